The zero-order chi connectivity index (χ0) is 14.5. The zero-order valence-corrected chi connectivity index (χ0v) is 12.7. The monoisotopic (exact) mass is 279 g/mol. The van der Waals surface area contributed by atoms with Crippen molar-refractivity contribution in [1.29, 1.82) is 0 Å². The van der Waals surface area contributed by atoms with E-state index in [1.54, 1.807) is 14.2 Å². The number of rotatable bonds is 5. The van der Waals surface area contributed by atoms with Crippen molar-refractivity contribution in [3.05, 3.63) is 12.1 Å². The molecule has 5 nitrogen and oxygen atoms in total. The summed E-state index contributed by atoms with van der Waals surface area (Å²) in [4.78, 5) is 4.82. The lowest BCUT2D eigenvalue weighted by molar-refractivity contribution is 0.258. The molecule has 112 valence electrons. The molecule has 0 aliphatic carbocycles. The maximum Gasteiger partial charge on any atom is 0.162 e. The molecule has 1 fully saturated rings. The Labute approximate surface area is 121 Å². The Morgan fingerprint density at radius 3 is 2.20 bits per heavy atom. The van der Waals surface area contributed by atoms with Gasteiger partial charge in [0, 0.05) is 38.3 Å². The zero-order valence-electron chi connectivity index (χ0n) is 12.7. The van der Waals surface area contributed by atoms with Crippen LogP contribution in [0, 0.1) is 0 Å². The first-order valence-electron chi connectivity index (χ1n) is 7.18. The van der Waals surface area contributed by atoms with E-state index in [1.165, 1.54) is 13.0 Å². The van der Waals surface area contributed by atoms with Crippen molar-refractivity contribution in [3.63, 3.8) is 0 Å². The highest BCUT2D eigenvalue weighted by Crippen LogP contribution is 2.37. The summed E-state index contributed by atoms with van der Waals surface area (Å²) < 4.78 is 10.6. The summed E-state index contributed by atoms with van der Waals surface area (Å²) >= 11 is 0. The van der Waals surface area contributed by atoms with Gasteiger partial charge in [0.15, 0.2) is 11.5 Å². The van der Waals surface area contributed by atoms with Gasteiger partial charge in [-0.15, -0.1) is 0 Å². The average molecular weight is 279 g/mol. The highest BCUT2D eigenvalue weighted by molar-refractivity contribution is 5.73. The van der Waals surface area contributed by atoms with Gasteiger partial charge in [-0.3, -0.25) is 4.90 Å². The summed E-state index contributed by atoms with van der Waals surface area (Å²) in [7, 11) is 3.28. The Morgan fingerprint density at radius 1 is 1.05 bits per heavy atom. The minimum Gasteiger partial charge on any atom is -0.493 e. The fraction of sp³-hybridized carbons (Fsp3) is 0.600. The van der Waals surface area contributed by atoms with Gasteiger partial charge in [0.25, 0.3) is 0 Å². The second-order valence-electron chi connectivity index (χ2n) is 5.09. The molecule has 5 heteroatoms. The lowest BCUT2D eigenvalue weighted by atomic mass is 10.2. The second-order valence-corrected chi connectivity index (χ2v) is 5.09. The van der Waals surface area contributed by atoms with E-state index >= 15 is 0 Å². The summed E-state index contributed by atoms with van der Waals surface area (Å²) in [5.74, 6) is 1.41. The van der Waals surface area contributed by atoms with Crippen molar-refractivity contribution in [2.75, 3.05) is 57.6 Å². The van der Waals surface area contributed by atoms with Gasteiger partial charge in [-0.05, 0) is 13.0 Å². The molecule has 1 aromatic carbocycles. The van der Waals surface area contributed by atoms with E-state index < -0.39 is 0 Å². The normalized spacial score (nSPS) is 16.2. The molecule has 0 atom stereocenters. The molecule has 0 bridgehead atoms. The number of anilines is 2. The first-order chi connectivity index (χ1) is 9.69. The lowest BCUT2D eigenvalue weighted by Crippen LogP contribution is -2.46. The van der Waals surface area contributed by atoms with Crippen LogP contribution in [0.3, 0.4) is 0 Å². The predicted octanol–water partition coefficient (Wildman–Crippen LogP) is 1.82. The van der Waals surface area contributed by atoms with E-state index in [0.717, 1.165) is 43.3 Å². The molecule has 0 unspecified atom stereocenters. The van der Waals surface area contributed by atoms with Crippen LogP contribution in [0.25, 0.3) is 0 Å². The number of ether oxygens (including phenoxy) is 2. The Balaban J connectivity index is 2.13. The van der Waals surface area contributed by atoms with E-state index in [1.807, 2.05) is 12.1 Å². The molecule has 2 rings (SSSR count). The maximum atomic E-state index is 6.15. The maximum absolute atomic E-state index is 6.15. The molecule has 1 aliphatic heterocycles. The highest BCUT2D eigenvalue weighted by Gasteiger charge is 2.20. The predicted molar refractivity (Wildman–Crippen MR) is 82.9 cm³/mol. The lowest BCUT2D eigenvalue weighted by Gasteiger charge is -2.36. The number of nitrogens with two attached hydrogens (primary N) is 1. The van der Waals surface area contributed by atoms with Crippen molar-refractivity contribution < 1.29 is 9.47 Å². The molecule has 0 amide bonds. The number of methoxy groups -OCH3 is 2. The third-order valence-electron chi connectivity index (χ3n) is 3.79. The van der Waals surface area contributed by atoms with Crippen molar-refractivity contribution in [2.45, 2.75) is 13.3 Å². The number of hydrogen-bond donors (Lipinski definition) is 1. The number of hydrogen-bond acceptors (Lipinski definition) is 5. The van der Waals surface area contributed by atoms with Crippen molar-refractivity contribution in [2.24, 2.45) is 0 Å². The van der Waals surface area contributed by atoms with Gasteiger partial charge in [-0.2, -0.15) is 0 Å². The summed E-state index contributed by atoms with van der Waals surface area (Å²) in [5, 5.41) is 0. The molecule has 20 heavy (non-hydrogen) atoms. The third-order valence-corrected chi connectivity index (χ3v) is 3.79. The van der Waals surface area contributed by atoms with E-state index in [0.29, 0.717) is 5.75 Å². The highest BCUT2D eigenvalue weighted by atomic mass is 16.5. The number of nitrogen functional groups attached to an aromatic ring is 1. The van der Waals surface area contributed by atoms with Crippen molar-refractivity contribution >= 4 is 11.4 Å². The Morgan fingerprint density at radius 2 is 1.65 bits per heavy atom. The van der Waals surface area contributed by atoms with E-state index in [2.05, 4.69) is 16.7 Å². The van der Waals surface area contributed by atoms with Gasteiger partial charge in [0.05, 0.1) is 25.6 Å². The standard InChI is InChI=1S/C15H25N3O2/c1-4-5-17-6-8-18(9-7-17)13-11-15(20-3)14(19-2)10-12(13)16/h10-11H,4-9,16H2,1-3H3. The topological polar surface area (TPSA) is 51.0 Å². The molecule has 0 spiro atoms. The quantitative estimate of drug-likeness (QED) is 0.833. The van der Waals surface area contributed by atoms with Gasteiger partial charge in [-0.1, -0.05) is 6.92 Å². The van der Waals surface area contributed by atoms with Gasteiger partial charge < -0.3 is 20.1 Å². The van der Waals surface area contributed by atoms with Crippen LogP contribution in [0.15, 0.2) is 12.1 Å². The molecular weight excluding hydrogens is 254 g/mol. The molecule has 1 saturated heterocycles. The van der Waals surface area contributed by atoms with Crippen LogP contribution in [0.4, 0.5) is 11.4 Å². The van der Waals surface area contributed by atoms with E-state index in [9.17, 15) is 0 Å². The molecule has 1 heterocycles. The molecule has 1 aliphatic rings. The first kappa shape index (κ1) is 14.8. The molecule has 0 aromatic heterocycles. The van der Waals surface area contributed by atoms with Gasteiger partial charge in [-0.25, -0.2) is 0 Å². The number of benzene rings is 1. The van der Waals surface area contributed by atoms with Gasteiger partial charge >= 0.3 is 0 Å². The summed E-state index contributed by atoms with van der Waals surface area (Å²) in [6.45, 7) is 7.57. The summed E-state index contributed by atoms with van der Waals surface area (Å²) in [6.07, 6.45) is 1.21. The largest absolute Gasteiger partial charge is 0.493 e. The molecule has 0 saturated carbocycles. The van der Waals surface area contributed by atoms with Gasteiger partial charge in [0.2, 0.25) is 0 Å². The smallest absolute Gasteiger partial charge is 0.162 e. The second kappa shape index (κ2) is 6.70. The van der Waals surface area contributed by atoms with Crippen LogP contribution < -0.4 is 20.1 Å². The average Bonchev–Trinajstić information content (AvgIpc) is 2.48. The molecular formula is C15H25N3O2. The van der Waals surface area contributed by atoms with Gasteiger partial charge in [0.1, 0.15) is 0 Å². The van der Waals surface area contributed by atoms with E-state index in [4.69, 9.17) is 15.2 Å². The minimum absolute atomic E-state index is 0.679. The van der Waals surface area contributed by atoms with Crippen molar-refractivity contribution in [1.82, 2.24) is 4.90 Å². The third kappa shape index (κ3) is 3.10. The number of nitrogens with zero attached hydrogens (tertiary/aromatic N) is 2. The Kier molecular flexibility index (Phi) is 4.95. The fourth-order valence-corrected chi connectivity index (χ4v) is 2.69. The summed E-state index contributed by atoms with van der Waals surface area (Å²) in [6, 6.07) is 3.82. The molecule has 0 radical (unpaired) electrons. The van der Waals surface area contributed by atoms with Crippen LogP contribution in [-0.4, -0.2) is 51.8 Å². The summed E-state index contributed by atoms with van der Waals surface area (Å²) in [5.41, 5.74) is 7.94. The van der Waals surface area contributed by atoms with Crippen LogP contribution in [0.5, 0.6) is 11.5 Å². The molecule has 2 N–H and O–H groups in total. The van der Waals surface area contributed by atoms with Crippen LogP contribution in [0.1, 0.15) is 13.3 Å². The minimum atomic E-state index is 0.679. The first-order valence-corrected chi connectivity index (χ1v) is 7.18. The SMILES string of the molecule is CCCN1CCN(c2cc(OC)c(OC)cc2N)CC1. The Bertz CT molecular complexity index is 443. The van der Waals surface area contributed by atoms with Crippen LogP contribution >= 0.6 is 0 Å². The van der Waals surface area contributed by atoms with Crippen molar-refractivity contribution in [3.8, 4) is 11.5 Å². The Hall–Kier alpha value is -1.62. The fourth-order valence-electron chi connectivity index (χ4n) is 2.69. The van der Waals surface area contributed by atoms with E-state index in [-0.39, 0.29) is 0 Å². The van der Waals surface area contributed by atoms with Crippen LogP contribution in [-0.2, 0) is 0 Å². The van der Waals surface area contributed by atoms with Crippen LogP contribution in [0.2, 0.25) is 0 Å². The number of piperazine rings is 1. The molecule has 1 aromatic rings.